The third-order valence-electron chi connectivity index (χ3n) is 1.06. The number of carboxylic acids is 1. The van der Waals surface area contributed by atoms with Gasteiger partial charge in [0.2, 0.25) is 0 Å². The van der Waals surface area contributed by atoms with Crippen molar-refractivity contribution in [2.45, 2.75) is 12.5 Å². The molecule has 0 fully saturated rings. The summed E-state index contributed by atoms with van der Waals surface area (Å²) in [6.45, 7) is 0. The molecule has 0 bridgehead atoms. The van der Waals surface area contributed by atoms with Gasteiger partial charge in [-0.25, -0.2) is 0 Å². The fourth-order valence-electron chi connectivity index (χ4n) is 0.479. The summed E-state index contributed by atoms with van der Waals surface area (Å²) in [5, 5.41) is 16.7. The van der Waals surface area contributed by atoms with Gasteiger partial charge >= 0.3 is 5.97 Å². The monoisotopic (exact) mass is 228 g/mol. The SMILES string of the molecule is CSCC[C@H](NO)C(=O)O.[Cu]. The van der Waals surface area contributed by atoms with Gasteiger partial charge in [0.05, 0.1) is 0 Å². The van der Waals surface area contributed by atoms with E-state index in [4.69, 9.17) is 10.3 Å². The third-order valence-corrected chi connectivity index (χ3v) is 1.71. The van der Waals surface area contributed by atoms with Gasteiger partial charge in [0.25, 0.3) is 0 Å². The zero-order valence-corrected chi connectivity index (χ0v) is 7.76. The maximum Gasteiger partial charge on any atom is 0.323 e. The Morgan fingerprint density at radius 1 is 1.73 bits per heavy atom. The van der Waals surface area contributed by atoms with Gasteiger partial charge in [-0.3, -0.25) is 4.79 Å². The number of carbonyl (C=O) groups is 1. The summed E-state index contributed by atoms with van der Waals surface area (Å²) in [6, 6.07) is -0.826. The van der Waals surface area contributed by atoms with E-state index in [1.54, 1.807) is 17.2 Å². The van der Waals surface area contributed by atoms with E-state index in [1.807, 2.05) is 6.26 Å². The van der Waals surface area contributed by atoms with Gasteiger partial charge in [-0.2, -0.15) is 17.2 Å². The first-order valence-corrected chi connectivity index (χ1v) is 4.23. The van der Waals surface area contributed by atoms with Crippen molar-refractivity contribution < 1.29 is 32.2 Å². The second-order valence-electron chi connectivity index (χ2n) is 1.80. The summed E-state index contributed by atoms with van der Waals surface area (Å²) in [5.74, 6) is -0.290. The first-order chi connectivity index (χ1) is 4.72. The van der Waals surface area contributed by atoms with Crippen LogP contribution >= 0.6 is 11.8 Å². The molecule has 71 valence electrons. The van der Waals surface area contributed by atoms with Crippen molar-refractivity contribution >= 4 is 17.7 Å². The van der Waals surface area contributed by atoms with Crippen LogP contribution in [0.3, 0.4) is 0 Å². The van der Waals surface area contributed by atoms with E-state index in [2.05, 4.69) is 0 Å². The molecule has 0 heterocycles. The van der Waals surface area contributed by atoms with E-state index in [1.165, 1.54) is 0 Å². The molecule has 11 heavy (non-hydrogen) atoms. The van der Waals surface area contributed by atoms with Gasteiger partial charge in [-0.15, -0.1) is 0 Å². The average molecular weight is 229 g/mol. The van der Waals surface area contributed by atoms with Crippen molar-refractivity contribution in [3.8, 4) is 0 Å². The van der Waals surface area contributed by atoms with E-state index >= 15 is 0 Å². The zero-order valence-electron chi connectivity index (χ0n) is 6.00. The fourth-order valence-corrected chi connectivity index (χ4v) is 0.950. The Labute approximate surface area is 80.2 Å². The maximum atomic E-state index is 10.2. The third kappa shape index (κ3) is 6.65. The Bertz CT molecular complexity index is 114. The number of hydrogen-bond donors (Lipinski definition) is 3. The molecule has 0 saturated carbocycles. The van der Waals surface area contributed by atoms with Gasteiger partial charge in [-0.05, 0) is 18.4 Å². The number of nitrogens with one attached hydrogen (secondary N) is 1. The summed E-state index contributed by atoms with van der Waals surface area (Å²) in [4.78, 5) is 10.2. The number of aliphatic carboxylic acids is 1. The summed E-state index contributed by atoms with van der Waals surface area (Å²) < 4.78 is 0. The Kier molecular flexibility index (Phi) is 10.5. The molecule has 0 spiro atoms. The molecule has 0 rings (SSSR count). The molecule has 3 N–H and O–H groups in total. The van der Waals surface area contributed by atoms with E-state index in [0.29, 0.717) is 6.42 Å². The van der Waals surface area contributed by atoms with E-state index in [-0.39, 0.29) is 17.1 Å². The largest absolute Gasteiger partial charge is 0.480 e. The Balaban J connectivity index is 0. The fraction of sp³-hybridized carbons (Fsp3) is 0.800. The van der Waals surface area contributed by atoms with Gasteiger partial charge in [0.1, 0.15) is 6.04 Å². The van der Waals surface area contributed by atoms with Crippen LogP contribution in [0.15, 0.2) is 0 Å². The molecule has 0 aromatic carbocycles. The Hall–Kier alpha value is 0.259. The van der Waals surface area contributed by atoms with Crippen molar-refractivity contribution in [1.82, 2.24) is 5.48 Å². The molecule has 1 atom stereocenters. The minimum absolute atomic E-state index is 0. The van der Waals surface area contributed by atoms with Gasteiger partial charge in [0.15, 0.2) is 0 Å². The molecule has 0 aliphatic carbocycles. The number of thioether (sulfide) groups is 1. The molecule has 1 radical (unpaired) electrons. The van der Waals surface area contributed by atoms with E-state index in [0.717, 1.165) is 5.75 Å². The van der Waals surface area contributed by atoms with Crippen molar-refractivity contribution in [1.29, 1.82) is 0 Å². The van der Waals surface area contributed by atoms with Crippen molar-refractivity contribution in [3.63, 3.8) is 0 Å². The predicted molar refractivity (Wildman–Crippen MR) is 39.3 cm³/mol. The average Bonchev–Trinajstić information content (AvgIpc) is 1.89. The number of hydrogen-bond acceptors (Lipinski definition) is 4. The van der Waals surface area contributed by atoms with Gasteiger partial charge in [-0.1, -0.05) is 0 Å². The van der Waals surface area contributed by atoms with Crippen LogP contribution in [0.4, 0.5) is 0 Å². The van der Waals surface area contributed by atoms with E-state index in [9.17, 15) is 4.79 Å². The van der Waals surface area contributed by atoms with E-state index < -0.39 is 12.0 Å². The maximum absolute atomic E-state index is 10.2. The minimum Gasteiger partial charge on any atom is -0.480 e. The van der Waals surface area contributed by atoms with Crippen LogP contribution in [0, 0.1) is 0 Å². The molecule has 0 aliphatic rings. The van der Waals surface area contributed by atoms with Crippen LogP contribution in [-0.4, -0.2) is 34.3 Å². The second kappa shape index (κ2) is 8.36. The van der Waals surface area contributed by atoms with Crippen LogP contribution in [0.5, 0.6) is 0 Å². The molecule has 0 amide bonds. The van der Waals surface area contributed by atoms with Crippen LogP contribution in [0.1, 0.15) is 6.42 Å². The molecular weight excluding hydrogens is 218 g/mol. The summed E-state index contributed by atoms with van der Waals surface area (Å²) in [5.41, 5.74) is 1.72. The topological polar surface area (TPSA) is 69.6 Å². The van der Waals surface area contributed by atoms with Crippen LogP contribution in [-0.2, 0) is 21.9 Å². The first-order valence-electron chi connectivity index (χ1n) is 2.83. The number of carboxylic acid groups (broad SMARTS) is 1. The summed E-state index contributed by atoms with van der Waals surface area (Å²) in [7, 11) is 0. The molecule has 0 aromatic heterocycles. The quantitative estimate of drug-likeness (QED) is 0.462. The van der Waals surface area contributed by atoms with Crippen molar-refractivity contribution in [3.05, 3.63) is 0 Å². The number of rotatable bonds is 5. The summed E-state index contributed by atoms with van der Waals surface area (Å²) in [6.07, 6.45) is 2.32. The van der Waals surface area contributed by atoms with Crippen molar-refractivity contribution in [2.75, 3.05) is 12.0 Å². The minimum atomic E-state index is -1.02. The smallest absolute Gasteiger partial charge is 0.323 e. The van der Waals surface area contributed by atoms with Gasteiger partial charge in [0, 0.05) is 17.1 Å². The standard InChI is InChI=1S/C5H11NO3S.Cu/c1-10-3-2-4(6-9)5(7)8;/h4,6,9H,2-3H2,1H3,(H,7,8);/t4-;/m0./s1. The van der Waals surface area contributed by atoms with Crippen molar-refractivity contribution in [2.24, 2.45) is 0 Å². The van der Waals surface area contributed by atoms with Crippen LogP contribution < -0.4 is 5.48 Å². The molecular formula is C5H11CuNO3S. The molecule has 6 heteroatoms. The first kappa shape index (κ1) is 13.8. The molecule has 4 nitrogen and oxygen atoms in total. The molecule has 0 saturated heterocycles. The zero-order chi connectivity index (χ0) is 7.98. The Morgan fingerprint density at radius 3 is 2.55 bits per heavy atom. The second-order valence-corrected chi connectivity index (χ2v) is 2.79. The Morgan fingerprint density at radius 2 is 2.27 bits per heavy atom. The predicted octanol–water partition coefficient (Wildman–Crippen LogP) is 0.169. The van der Waals surface area contributed by atoms with Crippen LogP contribution in [0.2, 0.25) is 0 Å². The molecule has 0 aliphatic heterocycles. The molecule has 0 aromatic rings. The van der Waals surface area contributed by atoms with Gasteiger partial charge < -0.3 is 10.3 Å². The molecule has 0 unspecified atom stereocenters. The summed E-state index contributed by atoms with van der Waals surface area (Å²) >= 11 is 1.55. The number of hydroxylamine groups is 1. The normalized spacial score (nSPS) is 11.8. The van der Waals surface area contributed by atoms with Crippen LogP contribution in [0.25, 0.3) is 0 Å².